The number of hydrogen-bond donors (Lipinski definition) is 0. The molecule has 1 atom stereocenters. The van der Waals surface area contributed by atoms with E-state index in [4.69, 9.17) is 0 Å². The first-order valence-corrected chi connectivity index (χ1v) is 5.30. The van der Waals surface area contributed by atoms with Gasteiger partial charge in [-0.3, -0.25) is 0 Å². The minimum absolute atomic E-state index is 0.879. The topological polar surface area (TPSA) is 3.24 Å². The van der Waals surface area contributed by atoms with Crippen molar-refractivity contribution in [3.05, 3.63) is 0 Å². The molecule has 1 heterocycles. The van der Waals surface area contributed by atoms with Gasteiger partial charge in [-0.1, -0.05) is 22.9 Å². The molecule has 0 saturated carbocycles. The number of hydrogen-bond acceptors (Lipinski definition) is 1. The average Bonchev–Trinajstić information content (AvgIpc) is 2.36. The molecule has 1 aliphatic heterocycles. The summed E-state index contributed by atoms with van der Waals surface area (Å²) in [4.78, 5) is 2.58. The highest BCUT2D eigenvalue weighted by atomic mass is 79.9. The van der Waals surface area contributed by atoms with E-state index in [2.05, 4.69) is 27.8 Å². The second kappa shape index (κ2) is 4.35. The van der Waals surface area contributed by atoms with Crippen molar-refractivity contribution >= 4 is 15.9 Å². The lowest BCUT2D eigenvalue weighted by Crippen LogP contribution is -2.29. The van der Waals surface area contributed by atoms with Crippen LogP contribution in [0.3, 0.4) is 0 Å². The summed E-state index contributed by atoms with van der Waals surface area (Å²) in [6, 6.07) is 0.879. The normalized spacial score (nSPS) is 27.6. The van der Waals surface area contributed by atoms with Gasteiger partial charge in [0.1, 0.15) is 0 Å². The van der Waals surface area contributed by atoms with Crippen molar-refractivity contribution in [3.63, 3.8) is 0 Å². The zero-order chi connectivity index (χ0) is 7.40. The van der Waals surface area contributed by atoms with Crippen molar-refractivity contribution < 1.29 is 0 Å². The maximum atomic E-state index is 3.49. The summed E-state index contributed by atoms with van der Waals surface area (Å²) < 4.78 is 0. The molecule has 0 bridgehead atoms. The Labute approximate surface area is 71.9 Å². The molecule has 1 rings (SSSR count). The van der Waals surface area contributed by atoms with Gasteiger partial charge in [-0.2, -0.15) is 0 Å². The summed E-state index contributed by atoms with van der Waals surface area (Å²) in [5.41, 5.74) is 0. The predicted octanol–water partition coefficient (Wildman–Crippen LogP) is 2.26. The minimum atomic E-state index is 0.879. The first-order valence-electron chi connectivity index (χ1n) is 4.18. The fraction of sp³-hybridized carbons (Fsp3) is 1.00. The number of nitrogens with zero attached hydrogens (tertiary/aromatic N) is 1. The molecule has 1 aliphatic rings. The molecule has 1 fully saturated rings. The molecule has 60 valence electrons. The van der Waals surface area contributed by atoms with Gasteiger partial charge >= 0.3 is 0 Å². The van der Waals surface area contributed by atoms with Crippen LogP contribution in [0.5, 0.6) is 0 Å². The summed E-state index contributed by atoms with van der Waals surface area (Å²) in [6.07, 6.45) is 4.15. The van der Waals surface area contributed by atoms with Crippen LogP contribution < -0.4 is 0 Å². The lowest BCUT2D eigenvalue weighted by atomic mass is 10.2. The zero-order valence-electron chi connectivity index (χ0n) is 6.65. The van der Waals surface area contributed by atoms with Crippen LogP contribution in [0, 0.1) is 0 Å². The second-order valence-electron chi connectivity index (χ2n) is 2.90. The van der Waals surface area contributed by atoms with E-state index >= 15 is 0 Å². The number of rotatable bonds is 3. The Morgan fingerprint density at radius 1 is 1.60 bits per heavy atom. The molecular weight excluding hydrogens is 190 g/mol. The third kappa shape index (κ3) is 1.96. The Kier molecular flexibility index (Phi) is 3.71. The van der Waals surface area contributed by atoms with E-state index in [-0.39, 0.29) is 0 Å². The molecule has 10 heavy (non-hydrogen) atoms. The van der Waals surface area contributed by atoms with Gasteiger partial charge in [0.25, 0.3) is 0 Å². The number of alkyl halides is 1. The Balaban J connectivity index is 2.27. The van der Waals surface area contributed by atoms with Crippen molar-refractivity contribution in [2.24, 2.45) is 0 Å². The summed E-state index contributed by atoms with van der Waals surface area (Å²) in [5, 5.41) is 1.16. The van der Waals surface area contributed by atoms with Crippen LogP contribution in [0.4, 0.5) is 0 Å². The van der Waals surface area contributed by atoms with Crippen molar-refractivity contribution in [3.8, 4) is 0 Å². The van der Waals surface area contributed by atoms with Crippen LogP contribution in [0.1, 0.15) is 26.2 Å². The molecule has 0 radical (unpaired) electrons. The lowest BCUT2D eigenvalue weighted by molar-refractivity contribution is 0.263. The van der Waals surface area contributed by atoms with Crippen molar-refractivity contribution in [1.29, 1.82) is 0 Å². The molecule has 0 spiro atoms. The number of halogens is 1. The standard InChI is InChI=1S/C8H16BrN/c1-2-10-7-3-4-8(10)5-6-9/h8H,2-7H2,1H3. The van der Waals surface area contributed by atoms with Gasteiger partial charge in [-0.05, 0) is 32.4 Å². The molecule has 0 aliphatic carbocycles. The fourth-order valence-corrected chi connectivity index (χ4v) is 2.29. The highest BCUT2D eigenvalue weighted by molar-refractivity contribution is 9.09. The first kappa shape index (κ1) is 8.54. The van der Waals surface area contributed by atoms with E-state index in [1.807, 2.05) is 0 Å². The molecule has 1 unspecified atom stereocenters. The van der Waals surface area contributed by atoms with E-state index in [0.717, 1.165) is 11.4 Å². The van der Waals surface area contributed by atoms with Gasteiger partial charge < -0.3 is 4.90 Å². The van der Waals surface area contributed by atoms with Crippen LogP contribution in [-0.2, 0) is 0 Å². The highest BCUT2D eigenvalue weighted by Gasteiger charge is 2.21. The molecule has 0 aromatic rings. The maximum absolute atomic E-state index is 3.49. The molecule has 1 saturated heterocycles. The quantitative estimate of drug-likeness (QED) is 0.640. The van der Waals surface area contributed by atoms with Gasteiger partial charge in [-0.25, -0.2) is 0 Å². The Morgan fingerprint density at radius 2 is 2.40 bits per heavy atom. The van der Waals surface area contributed by atoms with Crippen LogP contribution in [-0.4, -0.2) is 29.4 Å². The zero-order valence-corrected chi connectivity index (χ0v) is 8.23. The van der Waals surface area contributed by atoms with Gasteiger partial charge in [0.05, 0.1) is 0 Å². The van der Waals surface area contributed by atoms with Crippen LogP contribution in [0.25, 0.3) is 0 Å². The van der Waals surface area contributed by atoms with Crippen LogP contribution >= 0.6 is 15.9 Å². The average molecular weight is 206 g/mol. The molecule has 1 nitrogen and oxygen atoms in total. The Morgan fingerprint density at radius 3 is 3.00 bits per heavy atom. The van der Waals surface area contributed by atoms with Crippen LogP contribution in [0.2, 0.25) is 0 Å². The molecule has 0 aromatic carbocycles. The highest BCUT2D eigenvalue weighted by Crippen LogP contribution is 2.19. The van der Waals surface area contributed by atoms with Crippen molar-refractivity contribution in [1.82, 2.24) is 4.90 Å². The molecular formula is C8H16BrN. The van der Waals surface area contributed by atoms with Crippen molar-refractivity contribution in [2.45, 2.75) is 32.2 Å². The smallest absolute Gasteiger partial charge is 0.0104 e. The molecule has 0 N–H and O–H groups in total. The lowest BCUT2D eigenvalue weighted by Gasteiger charge is -2.21. The van der Waals surface area contributed by atoms with Crippen molar-refractivity contribution in [2.75, 3.05) is 18.4 Å². The predicted molar refractivity (Wildman–Crippen MR) is 48.7 cm³/mol. The second-order valence-corrected chi connectivity index (χ2v) is 3.70. The van der Waals surface area contributed by atoms with Crippen LogP contribution in [0.15, 0.2) is 0 Å². The Hall–Kier alpha value is 0.440. The first-order chi connectivity index (χ1) is 4.88. The summed E-state index contributed by atoms with van der Waals surface area (Å²) in [5.74, 6) is 0. The largest absolute Gasteiger partial charge is 0.301 e. The molecule has 2 heteroatoms. The Bertz CT molecular complexity index is 95.3. The monoisotopic (exact) mass is 205 g/mol. The van der Waals surface area contributed by atoms with E-state index in [9.17, 15) is 0 Å². The maximum Gasteiger partial charge on any atom is 0.0104 e. The summed E-state index contributed by atoms with van der Waals surface area (Å²) >= 11 is 3.49. The van der Waals surface area contributed by atoms with Gasteiger partial charge in [0, 0.05) is 11.4 Å². The molecule has 0 amide bonds. The fourth-order valence-electron chi connectivity index (χ4n) is 1.76. The molecule has 0 aromatic heterocycles. The SMILES string of the molecule is CCN1CCCC1CCBr. The third-order valence-electron chi connectivity index (χ3n) is 2.35. The van der Waals surface area contributed by atoms with Gasteiger partial charge in [0.2, 0.25) is 0 Å². The van der Waals surface area contributed by atoms with E-state index in [1.54, 1.807) is 0 Å². The summed E-state index contributed by atoms with van der Waals surface area (Å²) in [7, 11) is 0. The summed E-state index contributed by atoms with van der Waals surface area (Å²) in [6.45, 7) is 4.82. The number of likely N-dealkylation sites (tertiary alicyclic amines) is 1. The minimum Gasteiger partial charge on any atom is -0.301 e. The third-order valence-corrected chi connectivity index (χ3v) is 2.81. The van der Waals surface area contributed by atoms with Gasteiger partial charge in [-0.15, -0.1) is 0 Å². The van der Waals surface area contributed by atoms with E-state index in [0.29, 0.717) is 0 Å². The van der Waals surface area contributed by atoms with E-state index in [1.165, 1.54) is 32.4 Å². The van der Waals surface area contributed by atoms with Gasteiger partial charge in [0.15, 0.2) is 0 Å². The van der Waals surface area contributed by atoms with E-state index < -0.39 is 0 Å².